The Labute approximate surface area is 172 Å². The maximum atomic E-state index is 12.3. The standard InChI is InChI=1S/C23H31N3O3/c1-18(6-7-19-8-10-22(27)11-9-19)25-23(28)24-16-20-4-2-3-5-21(20)17-26-12-14-29-15-13-26/h2-5,8-11,18,27H,6-7,12-17H2,1H3,(H2,24,25,28). The van der Waals surface area contributed by atoms with Crippen LogP contribution in [0, 0.1) is 0 Å². The Morgan fingerprint density at radius 1 is 1.10 bits per heavy atom. The van der Waals surface area contributed by atoms with E-state index in [4.69, 9.17) is 4.74 Å². The predicted octanol–water partition coefficient (Wildman–Crippen LogP) is 3.04. The van der Waals surface area contributed by atoms with Crippen molar-refractivity contribution in [1.82, 2.24) is 15.5 Å². The number of amides is 2. The second-order valence-corrected chi connectivity index (χ2v) is 7.59. The summed E-state index contributed by atoms with van der Waals surface area (Å²) in [6.07, 6.45) is 1.69. The summed E-state index contributed by atoms with van der Waals surface area (Å²) in [6.45, 7) is 6.85. The van der Waals surface area contributed by atoms with E-state index in [2.05, 4.69) is 27.7 Å². The van der Waals surface area contributed by atoms with Crippen LogP contribution in [0.25, 0.3) is 0 Å². The number of ether oxygens (including phenoxy) is 1. The van der Waals surface area contributed by atoms with Crippen molar-refractivity contribution in [3.63, 3.8) is 0 Å². The highest BCUT2D eigenvalue weighted by atomic mass is 16.5. The van der Waals surface area contributed by atoms with Crippen molar-refractivity contribution >= 4 is 6.03 Å². The van der Waals surface area contributed by atoms with E-state index in [0.29, 0.717) is 6.54 Å². The van der Waals surface area contributed by atoms with Crippen LogP contribution in [0.15, 0.2) is 48.5 Å². The molecule has 1 heterocycles. The summed E-state index contributed by atoms with van der Waals surface area (Å²) in [5.74, 6) is 0.271. The second-order valence-electron chi connectivity index (χ2n) is 7.59. The smallest absolute Gasteiger partial charge is 0.315 e. The number of urea groups is 1. The summed E-state index contributed by atoms with van der Waals surface area (Å²) in [6, 6.07) is 15.4. The number of morpholine rings is 1. The average Bonchev–Trinajstić information content (AvgIpc) is 2.73. The van der Waals surface area contributed by atoms with E-state index < -0.39 is 0 Å². The van der Waals surface area contributed by atoms with E-state index in [1.807, 2.05) is 31.2 Å². The third-order valence-corrected chi connectivity index (χ3v) is 5.24. The normalized spacial score (nSPS) is 15.6. The largest absolute Gasteiger partial charge is 0.508 e. The molecule has 0 spiro atoms. The first-order valence-electron chi connectivity index (χ1n) is 10.3. The lowest BCUT2D eigenvalue weighted by Gasteiger charge is -2.27. The van der Waals surface area contributed by atoms with E-state index in [0.717, 1.165) is 56.8 Å². The van der Waals surface area contributed by atoms with Gasteiger partial charge in [-0.15, -0.1) is 0 Å². The number of benzene rings is 2. The van der Waals surface area contributed by atoms with E-state index in [-0.39, 0.29) is 17.8 Å². The van der Waals surface area contributed by atoms with Gasteiger partial charge in [-0.05, 0) is 48.6 Å². The Morgan fingerprint density at radius 2 is 1.79 bits per heavy atom. The van der Waals surface area contributed by atoms with Crippen LogP contribution in [0.3, 0.4) is 0 Å². The molecular formula is C23H31N3O3. The van der Waals surface area contributed by atoms with Crippen molar-refractivity contribution in [3.05, 3.63) is 65.2 Å². The second kappa shape index (κ2) is 10.8. The Morgan fingerprint density at radius 3 is 2.52 bits per heavy atom. The molecule has 0 aliphatic carbocycles. The molecule has 0 aromatic heterocycles. The molecule has 2 aromatic carbocycles. The Balaban J connectivity index is 1.43. The van der Waals surface area contributed by atoms with Gasteiger partial charge in [0, 0.05) is 32.2 Å². The Kier molecular flexibility index (Phi) is 7.90. The van der Waals surface area contributed by atoms with Gasteiger partial charge in [0.2, 0.25) is 0 Å². The number of aryl methyl sites for hydroxylation is 1. The van der Waals surface area contributed by atoms with Crippen LogP contribution in [0.4, 0.5) is 4.79 Å². The number of carbonyl (C=O) groups is 1. The zero-order valence-electron chi connectivity index (χ0n) is 17.1. The highest BCUT2D eigenvalue weighted by Gasteiger charge is 2.13. The van der Waals surface area contributed by atoms with E-state index >= 15 is 0 Å². The van der Waals surface area contributed by atoms with Gasteiger partial charge in [0.15, 0.2) is 0 Å². The van der Waals surface area contributed by atoms with Crippen LogP contribution in [0.1, 0.15) is 30.0 Å². The van der Waals surface area contributed by atoms with Gasteiger partial charge in [-0.1, -0.05) is 36.4 Å². The monoisotopic (exact) mass is 397 g/mol. The third kappa shape index (κ3) is 7.07. The number of nitrogens with zero attached hydrogens (tertiary/aromatic N) is 1. The van der Waals surface area contributed by atoms with Gasteiger partial charge in [0.25, 0.3) is 0 Å². The highest BCUT2D eigenvalue weighted by molar-refractivity contribution is 5.74. The first-order chi connectivity index (χ1) is 14.1. The lowest BCUT2D eigenvalue weighted by molar-refractivity contribution is 0.0341. The molecule has 3 N–H and O–H groups in total. The average molecular weight is 398 g/mol. The molecule has 2 aromatic rings. The number of aromatic hydroxyl groups is 1. The van der Waals surface area contributed by atoms with Crippen molar-refractivity contribution < 1.29 is 14.6 Å². The number of carbonyl (C=O) groups excluding carboxylic acids is 1. The molecule has 6 heteroatoms. The van der Waals surface area contributed by atoms with E-state index in [9.17, 15) is 9.90 Å². The summed E-state index contributed by atoms with van der Waals surface area (Å²) in [7, 11) is 0. The first-order valence-corrected chi connectivity index (χ1v) is 10.3. The number of phenolic OH excluding ortho intramolecular Hbond substituents is 1. The van der Waals surface area contributed by atoms with Crippen molar-refractivity contribution in [1.29, 1.82) is 0 Å². The van der Waals surface area contributed by atoms with Gasteiger partial charge in [-0.25, -0.2) is 4.79 Å². The minimum atomic E-state index is -0.149. The van der Waals surface area contributed by atoms with E-state index in [1.54, 1.807) is 12.1 Å². The fourth-order valence-electron chi connectivity index (χ4n) is 3.45. The van der Waals surface area contributed by atoms with Gasteiger partial charge in [0.1, 0.15) is 5.75 Å². The number of nitrogens with one attached hydrogen (secondary N) is 2. The minimum absolute atomic E-state index is 0.0624. The lowest BCUT2D eigenvalue weighted by atomic mass is 10.1. The zero-order valence-corrected chi connectivity index (χ0v) is 17.1. The van der Waals surface area contributed by atoms with Crippen LogP contribution in [0.5, 0.6) is 5.75 Å². The Bertz CT molecular complexity index is 773. The minimum Gasteiger partial charge on any atom is -0.508 e. The summed E-state index contributed by atoms with van der Waals surface area (Å²) < 4.78 is 5.42. The quantitative estimate of drug-likeness (QED) is 0.640. The van der Waals surface area contributed by atoms with Crippen LogP contribution in [-0.2, 0) is 24.2 Å². The number of hydrogen-bond acceptors (Lipinski definition) is 4. The number of phenols is 1. The van der Waals surface area contributed by atoms with Gasteiger partial charge < -0.3 is 20.5 Å². The molecule has 156 valence electrons. The maximum absolute atomic E-state index is 12.3. The van der Waals surface area contributed by atoms with E-state index in [1.165, 1.54) is 5.56 Å². The molecule has 1 unspecified atom stereocenters. The van der Waals surface area contributed by atoms with Crippen LogP contribution >= 0.6 is 0 Å². The van der Waals surface area contributed by atoms with Crippen molar-refractivity contribution in [3.8, 4) is 5.75 Å². The molecule has 1 aliphatic rings. The van der Waals surface area contributed by atoms with Crippen LogP contribution < -0.4 is 10.6 Å². The molecule has 0 saturated carbocycles. The zero-order chi connectivity index (χ0) is 20.5. The summed E-state index contributed by atoms with van der Waals surface area (Å²) >= 11 is 0. The molecule has 1 aliphatic heterocycles. The fourth-order valence-corrected chi connectivity index (χ4v) is 3.45. The topological polar surface area (TPSA) is 73.8 Å². The van der Waals surface area contributed by atoms with Gasteiger partial charge in [-0.2, -0.15) is 0 Å². The van der Waals surface area contributed by atoms with Crippen molar-refractivity contribution in [2.45, 2.75) is 38.9 Å². The summed E-state index contributed by atoms with van der Waals surface area (Å²) in [5, 5.41) is 15.3. The molecule has 1 saturated heterocycles. The highest BCUT2D eigenvalue weighted by Crippen LogP contribution is 2.14. The van der Waals surface area contributed by atoms with Crippen molar-refractivity contribution in [2.24, 2.45) is 0 Å². The number of rotatable bonds is 8. The molecule has 0 radical (unpaired) electrons. The molecule has 0 bridgehead atoms. The predicted molar refractivity (Wildman–Crippen MR) is 114 cm³/mol. The summed E-state index contributed by atoms with van der Waals surface area (Å²) in [5.41, 5.74) is 3.54. The molecule has 1 fully saturated rings. The lowest BCUT2D eigenvalue weighted by Crippen LogP contribution is -2.41. The fraction of sp³-hybridized carbons (Fsp3) is 0.435. The SMILES string of the molecule is CC(CCc1ccc(O)cc1)NC(=O)NCc1ccccc1CN1CCOCC1. The maximum Gasteiger partial charge on any atom is 0.315 e. The molecule has 6 nitrogen and oxygen atoms in total. The van der Waals surface area contributed by atoms with Gasteiger partial charge >= 0.3 is 6.03 Å². The third-order valence-electron chi connectivity index (χ3n) is 5.24. The van der Waals surface area contributed by atoms with Crippen molar-refractivity contribution in [2.75, 3.05) is 26.3 Å². The summed E-state index contributed by atoms with van der Waals surface area (Å²) in [4.78, 5) is 14.7. The molecule has 2 amide bonds. The molecule has 3 rings (SSSR count). The number of hydrogen-bond donors (Lipinski definition) is 3. The Hall–Kier alpha value is -2.57. The first kappa shape index (κ1) is 21.1. The molecule has 1 atom stereocenters. The van der Waals surface area contributed by atoms with Crippen LogP contribution in [-0.4, -0.2) is 48.4 Å². The van der Waals surface area contributed by atoms with Gasteiger partial charge in [-0.3, -0.25) is 4.90 Å². The molecular weight excluding hydrogens is 366 g/mol. The van der Waals surface area contributed by atoms with Gasteiger partial charge in [0.05, 0.1) is 13.2 Å². The van der Waals surface area contributed by atoms with Crippen LogP contribution in [0.2, 0.25) is 0 Å². The molecule has 29 heavy (non-hydrogen) atoms.